The van der Waals surface area contributed by atoms with Gasteiger partial charge in [-0.2, -0.15) is 0 Å². The Morgan fingerprint density at radius 3 is 1.70 bits per heavy atom. The summed E-state index contributed by atoms with van der Waals surface area (Å²) in [6.45, 7) is 9.66. The van der Waals surface area contributed by atoms with E-state index in [9.17, 15) is 4.39 Å². The van der Waals surface area contributed by atoms with Crippen molar-refractivity contribution in [2.45, 2.75) is 53.6 Å². The first-order valence-corrected chi connectivity index (χ1v) is 4.32. The Bertz CT molecular complexity index is 50.7. The highest BCUT2D eigenvalue weighted by Crippen LogP contribution is 2.12. The monoisotopic (exact) mass is 148 g/mol. The van der Waals surface area contributed by atoms with Gasteiger partial charge in [0.05, 0.1) is 6.17 Å². The van der Waals surface area contributed by atoms with Crippen LogP contribution in [0.3, 0.4) is 0 Å². The van der Waals surface area contributed by atoms with Gasteiger partial charge in [-0.15, -0.1) is 0 Å². The van der Waals surface area contributed by atoms with Gasteiger partial charge < -0.3 is 0 Å². The molecule has 0 radical (unpaired) electrons. The molecule has 0 nitrogen and oxygen atoms in total. The molecule has 0 saturated carbocycles. The third kappa shape index (κ3) is 7.93. The maximum atomic E-state index is 12.3. The fourth-order valence-corrected chi connectivity index (χ4v) is 0.685. The third-order valence-electron chi connectivity index (χ3n) is 1.53. The standard InChI is InChI=1S/C7H15F.C2H6/c1-4-5-6(2)7(3)8;1-2/h6-7H,4-5H2,1-3H3;1-2H3. The number of halogens is 1. The van der Waals surface area contributed by atoms with Crippen LogP contribution in [0.25, 0.3) is 0 Å². The van der Waals surface area contributed by atoms with E-state index in [4.69, 9.17) is 0 Å². The molecule has 0 heterocycles. The van der Waals surface area contributed by atoms with Crippen LogP contribution in [-0.2, 0) is 0 Å². The lowest BCUT2D eigenvalue weighted by Crippen LogP contribution is -2.06. The summed E-state index contributed by atoms with van der Waals surface area (Å²) < 4.78 is 12.3. The molecule has 2 atom stereocenters. The highest BCUT2D eigenvalue weighted by Gasteiger charge is 2.07. The lowest BCUT2D eigenvalue weighted by molar-refractivity contribution is 0.252. The predicted octanol–water partition coefficient (Wildman–Crippen LogP) is 3.81. The molecule has 0 aromatic carbocycles. The predicted molar refractivity (Wildman–Crippen MR) is 46.0 cm³/mol. The minimum Gasteiger partial charge on any atom is -0.248 e. The molecule has 10 heavy (non-hydrogen) atoms. The number of hydrogen-bond acceptors (Lipinski definition) is 0. The highest BCUT2D eigenvalue weighted by molar-refractivity contribution is 4.57. The summed E-state index contributed by atoms with van der Waals surface area (Å²) in [6.07, 6.45) is 1.47. The second-order valence-electron chi connectivity index (χ2n) is 2.44. The molecule has 0 aromatic rings. The van der Waals surface area contributed by atoms with E-state index >= 15 is 0 Å². The molecular formula is C9H21F. The summed E-state index contributed by atoms with van der Waals surface area (Å²) in [5, 5.41) is 0. The Labute approximate surface area is 64.8 Å². The molecular weight excluding hydrogens is 127 g/mol. The molecule has 0 bridgehead atoms. The van der Waals surface area contributed by atoms with Crippen LogP contribution < -0.4 is 0 Å². The van der Waals surface area contributed by atoms with Gasteiger partial charge in [-0.1, -0.05) is 34.1 Å². The quantitative estimate of drug-likeness (QED) is 0.571. The average Bonchev–Trinajstić information content (AvgIpc) is 1.93. The maximum absolute atomic E-state index is 12.3. The molecule has 64 valence electrons. The Balaban J connectivity index is 0. The van der Waals surface area contributed by atoms with Crippen molar-refractivity contribution in [3.05, 3.63) is 0 Å². The molecule has 0 aromatic heterocycles. The van der Waals surface area contributed by atoms with E-state index in [0.29, 0.717) is 0 Å². The fourth-order valence-electron chi connectivity index (χ4n) is 0.685. The van der Waals surface area contributed by atoms with Crippen LogP contribution in [0.5, 0.6) is 0 Å². The van der Waals surface area contributed by atoms with Crippen LogP contribution in [-0.4, -0.2) is 6.17 Å². The number of rotatable bonds is 3. The second-order valence-corrected chi connectivity index (χ2v) is 2.44. The third-order valence-corrected chi connectivity index (χ3v) is 1.53. The van der Waals surface area contributed by atoms with Crippen LogP contribution in [0.1, 0.15) is 47.5 Å². The van der Waals surface area contributed by atoms with Crippen molar-refractivity contribution < 1.29 is 4.39 Å². The van der Waals surface area contributed by atoms with E-state index in [1.54, 1.807) is 6.92 Å². The summed E-state index contributed by atoms with van der Waals surface area (Å²) in [4.78, 5) is 0. The van der Waals surface area contributed by atoms with Gasteiger partial charge >= 0.3 is 0 Å². The van der Waals surface area contributed by atoms with Crippen molar-refractivity contribution in [2.24, 2.45) is 5.92 Å². The van der Waals surface area contributed by atoms with Crippen molar-refractivity contribution in [2.75, 3.05) is 0 Å². The molecule has 0 fully saturated rings. The molecule has 0 rings (SSSR count). The fraction of sp³-hybridized carbons (Fsp3) is 1.00. The van der Waals surface area contributed by atoms with E-state index < -0.39 is 6.17 Å². The molecule has 1 heteroatoms. The highest BCUT2D eigenvalue weighted by atomic mass is 19.1. The van der Waals surface area contributed by atoms with Crippen LogP contribution in [0, 0.1) is 5.92 Å². The number of alkyl halides is 1. The zero-order valence-electron chi connectivity index (χ0n) is 7.95. The smallest absolute Gasteiger partial charge is 0.0998 e. The Kier molecular flexibility index (Phi) is 11.2. The summed E-state index contributed by atoms with van der Waals surface area (Å²) in [5.74, 6) is 0.250. The van der Waals surface area contributed by atoms with E-state index in [2.05, 4.69) is 6.92 Å². The van der Waals surface area contributed by atoms with Gasteiger partial charge in [0, 0.05) is 0 Å². The molecule has 0 amide bonds. The van der Waals surface area contributed by atoms with E-state index in [0.717, 1.165) is 12.8 Å². The first-order valence-electron chi connectivity index (χ1n) is 4.32. The largest absolute Gasteiger partial charge is 0.248 e. The zero-order valence-corrected chi connectivity index (χ0v) is 7.95. The minimum absolute atomic E-state index is 0.250. The normalized spacial score (nSPS) is 15.0. The van der Waals surface area contributed by atoms with Gasteiger partial charge in [0.2, 0.25) is 0 Å². The van der Waals surface area contributed by atoms with Crippen molar-refractivity contribution in [3.63, 3.8) is 0 Å². The van der Waals surface area contributed by atoms with Gasteiger partial charge in [-0.3, -0.25) is 0 Å². The Morgan fingerprint density at radius 2 is 1.60 bits per heavy atom. The SMILES string of the molecule is CC.CCCC(C)C(C)F. The lowest BCUT2D eigenvalue weighted by Gasteiger charge is -2.09. The lowest BCUT2D eigenvalue weighted by atomic mass is 10.0. The summed E-state index contributed by atoms with van der Waals surface area (Å²) in [5.41, 5.74) is 0. The molecule has 0 aliphatic rings. The number of hydrogen-bond donors (Lipinski definition) is 0. The molecule has 0 spiro atoms. The van der Waals surface area contributed by atoms with Gasteiger partial charge in [0.25, 0.3) is 0 Å². The van der Waals surface area contributed by atoms with Crippen molar-refractivity contribution in [3.8, 4) is 0 Å². The van der Waals surface area contributed by atoms with Gasteiger partial charge in [0.15, 0.2) is 0 Å². The van der Waals surface area contributed by atoms with Crippen molar-refractivity contribution in [1.29, 1.82) is 0 Å². The summed E-state index contributed by atoms with van der Waals surface area (Å²) in [7, 11) is 0. The summed E-state index contributed by atoms with van der Waals surface area (Å²) in [6, 6.07) is 0. The van der Waals surface area contributed by atoms with E-state index in [1.165, 1.54) is 0 Å². The van der Waals surface area contributed by atoms with Crippen LogP contribution in [0.2, 0.25) is 0 Å². The van der Waals surface area contributed by atoms with Gasteiger partial charge in [-0.25, -0.2) is 4.39 Å². The van der Waals surface area contributed by atoms with Crippen molar-refractivity contribution in [1.82, 2.24) is 0 Å². The Hall–Kier alpha value is -0.0700. The average molecular weight is 148 g/mol. The maximum Gasteiger partial charge on any atom is 0.0998 e. The first kappa shape index (κ1) is 12.6. The Morgan fingerprint density at radius 1 is 1.20 bits per heavy atom. The van der Waals surface area contributed by atoms with E-state index in [1.807, 2.05) is 20.8 Å². The van der Waals surface area contributed by atoms with Gasteiger partial charge in [-0.05, 0) is 19.3 Å². The summed E-state index contributed by atoms with van der Waals surface area (Å²) >= 11 is 0. The van der Waals surface area contributed by atoms with Crippen molar-refractivity contribution >= 4 is 0 Å². The second kappa shape index (κ2) is 8.93. The first-order chi connectivity index (χ1) is 4.68. The molecule has 0 N–H and O–H groups in total. The van der Waals surface area contributed by atoms with Crippen LogP contribution >= 0.6 is 0 Å². The van der Waals surface area contributed by atoms with Gasteiger partial charge in [0.1, 0.15) is 0 Å². The van der Waals surface area contributed by atoms with Crippen LogP contribution in [0.4, 0.5) is 4.39 Å². The van der Waals surface area contributed by atoms with Crippen LogP contribution in [0.15, 0.2) is 0 Å². The molecule has 0 saturated heterocycles. The molecule has 0 aliphatic heterocycles. The topological polar surface area (TPSA) is 0 Å². The minimum atomic E-state index is -0.630. The van der Waals surface area contributed by atoms with E-state index in [-0.39, 0.29) is 5.92 Å². The molecule has 0 aliphatic carbocycles. The zero-order chi connectivity index (χ0) is 8.57. The molecule has 2 unspecified atom stereocenters.